The highest BCUT2D eigenvalue weighted by Crippen LogP contribution is 2.12. The van der Waals surface area contributed by atoms with E-state index in [1.54, 1.807) is 31.4 Å². The highest BCUT2D eigenvalue weighted by molar-refractivity contribution is 5.36. The van der Waals surface area contributed by atoms with E-state index in [9.17, 15) is 5.11 Å². The standard InChI is InChI=1S/C15H22N2O3/c1-17(7-4-8-19-2)11-14(18)12-20-15-6-3-5-13(9-15)10-16/h3,5-6,9,14,18H,4,7-8,11-12H2,1-2H3. The third-order valence-electron chi connectivity index (χ3n) is 2.82. The molecule has 0 saturated heterocycles. The normalized spacial score (nSPS) is 12.2. The van der Waals surface area contributed by atoms with Gasteiger partial charge in [-0.25, -0.2) is 0 Å². The maximum Gasteiger partial charge on any atom is 0.120 e. The summed E-state index contributed by atoms with van der Waals surface area (Å²) in [4.78, 5) is 2.04. The summed E-state index contributed by atoms with van der Waals surface area (Å²) < 4.78 is 10.5. The highest BCUT2D eigenvalue weighted by Gasteiger charge is 2.09. The zero-order valence-corrected chi connectivity index (χ0v) is 12.1. The predicted octanol–water partition coefficient (Wildman–Crippen LogP) is 1.27. The Balaban J connectivity index is 2.28. The largest absolute Gasteiger partial charge is 0.491 e. The third-order valence-corrected chi connectivity index (χ3v) is 2.82. The summed E-state index contributed by atoms with van der Waals surface area (Å²) >= 11 is 0. The average molecular weight is 278 g/mol. The van der Waals surface area contributed by atoms with E-state index >= 15 is 0 Å². The molecule has 0 aliphatic carbocycles. The first-order chi connectivity index (χ1) is 9.65. The molecular formula is C15H22N2O3. The van der Waals surface area contributed by atoms with Gasteiger partial charge in [-0.15, -0.1) is 0 Å². The maximum atomic E-state index is 9.90. The van der Waals surface area contributed by atoms with Crippen LogP contribution in [0.25, 0.3) is 0 Å². The first kappa shape index (κ1) is 16.4. The van der Waals surface area contributed by atoms with Gasteiger partial charge >= 0.3 is 0 Å². The van der Waals surface area contributed by atoms with Gasteiger partial charge in [-0.3, -0.25) is 0 Å². The number of hydrogen-bond donors (Lipinski definition) is 1. The van der Waals surface area contributed by atoms with Crippen molar-refractivity contribution in [1.29, 1.82) is 5.26 Å². The SMILES string of the molecule is COCCCN(C)CC(O)COc1cccc(C#N)c1. The molecule has 0 spiro atoms. The van der Waals surface area contributed by atoms with Crippen LogP contribution in [-0.2, 0) is 4.74 Å². The molecule has 0 radical (unpaired) electrons. The van der Waals surface area contributed by atoms with Crippen molar-refractivity contribution >= 4 is 0 Å². The van der Waals surface area contributed by atoms with Crippen molar-refractivity contribution in [2.75, 3.05) is 40.5 Å². The van der Waals surface area contributed by atoms with Gasteiger partial charge in [-0.05, 0) is 31.7 Å². The minimum Gasteiger partial charge on any atom is -0.491 e. The molecule has 0 aromatic heterocycles. The van der Waals surface area contributed by atoms with Gasteiger partial charge in [0.25, 0.3) is 0 Å². The number of benzene rings is 1. The van der Waals surface area contributed by atoms with Crippen LogP contribution in [0.2, 0.25) is 0 Å². The molecule has 0 fully saturated rings. The van der Waals surface area contributed by atoms with Gasteiger partial charge in [0, 0.05) is 26.8 Å². The van der Waals surface area contributed by atoms with E-state index in [0.29, 0.717) is 17.9 Å². The predicted molar refractivity (Wildman–Crippen MR) is 76.6 cm³/mol. The smallest absolute Gasteiger partial charge is 0.120 e. The zero-order chi connectivity index (χ0) is 14.8. The van der Waals surface area contributed by atoms with Gasteiger partial charge in [0.2, 0.25) is 0 Å². The van der Waals surface area contributed by atoms with Crippen LogP contribution in [0.1, 0.15) is 12.0 Å². The molecule has 1 aromatic carbocycles. The number of aliphatic hydroxyl groups is 1. The Bertz CT molecular complexity index is 431. The molecule has 20 heavy (non-hydrogen) atoms. The fraction of sp³-hybridized carbons (Fsp3) is 0.533. The molecule has 0 aliphatic heterocycles. The minimum absolute atomic E-state index is 0.212. The number of hydrogen-bond acceptors (Lipinski definition) is 5. The summed E-state index contributed by atoms with van der Waals surface area (Å²) in [5.41, 5.74) is 0.550. The van der Waals surface area contributed by atoms with Gasteiger partial charge in [0.05, 0.1) is 11.6 Å². The fourth-order valence-corrected chi connectivity index (χ4v) is 1.83. The number of aliphatic hydroxyl groups excluding tert-OH is 1. The first-order valence-corrected chi connectivity index (χ1v) is 6.64. The second-order valence-corrected chi connectivity index (χ2v) is 4.71. The Kier molecular flexibility index (Phi) is 7.66. The van der Waals surface area contributed by atoms with Gasteiger partial charge in [-0.1, -0.05) is 6.07 Å². The Morgan fingerprint density at radius 2 is 2.25 bits per heavy atom. The quantitative estimate of drug-likeness (QED) is 0.689. The van der Waals surface area contributed by atoms with Crippen LogP contribution >= 0.6 is 0 Å². The minimum atomic E-state index is -0.562. The Hall–Kier alpha value is -1.61. The van der Waals surface area contributed by atoms with Crippen LogP contribution < -0.4 is 4.74 Å². The Morgan fingerprint density at radius 1 is 1.45 bits per heavy atom. The molecule has 0 heterocycles. The number of likely N-dealkylation sites (N-methyl/N-ethyl adjacent to an activating group) is 1. The second-order valence-electron chi connectivity index (χ2n) is 4.71. The maximum absolute atomic E-state index is 9.90. The van der Waals surface area contributed by atoms with Crippen LogP contribution in [0.4, 0.5) is 0 Å². The van der Waals surface area contributed by atoms with E-state index in [4.69, 9.17) is 14.7 Å². The fourth-order valence-electron chi connectivity index (χ4n) is 1.83. The van der Waals surface area contributed by atoms with Crippen molar-refractivity contribution in [1.82, 2.24) is 4.90 Å². The van der Waals surface area contributed by atoms with E-state index < -0.39 is 6.10 Å². The van der Waals surface area contributed by atoms with Gasteiger partial charge in [0.15, 0.2) is 0 Å². The van der Waals surface area contributed by atoms with Crippen molar-refractivity contribution in [2.45, 2.75) is 12.5 Å². The average Bonchev–Trinajstić information content (AvgIpc) is 2.45. The van der Waals surface area contributed by atoms with Crippen molar-refractivity contribution in [3.05, 3.63) is 29.8 Å². The molecule has 0 aliphatic rings. The second kappa shape index (κ2) is 9.32. The third kappa shape index (κ3) is 6.53. The molecule has 0 saturated carbocycles. The summed E-state index contributed by atoms with van der Waals surface area (Å²) in [6.07, 6.45) is 0.374. The van der Waals surface area contributed by atoms with Crippen molar-refractivity contribution in [3.8, 4) is 11.8 Å². The van der Waals surface area contributed by atoms with E-state index in [-0.39, 0.29) is 6.61 Å². The van der Waals surface area contributed by atoms with Crippen LogP contribution in [0.5, 0.6) is 5.75 Å². The molecule has 1 rings (SSSR count). The monoisotopic (exact) mass is 278 g/mol. The number of nitrogens with zero attached hydrogens (tertiary/aromatic N) is 2. The summed E-state index contributed by atoms with van der Waals surface area (Å²) in [6.45, 7) is 2.35. The molecule has 1 atom stereocenters. The molecule has 1 unspecified atom stereocenters. The Labute approximate surface area is 120 Å². The lowest BCUT2D eigenvalue weighted by Gasteiger charge is -2.20. The highest BCUT2D eigenvalue weighted by atomic mass is 16.5. The molecule has 0 amide bonds. The van der Waals surface area contributed by atoms with E-state index in [2.05, 4.69) is 6.07 Å². The lowest BCUT2D eigenvalue weighted by molar-refractivity contribution is 0.0731. The van der Waals surface area contributed by atoms with Crippen molar-refractivity contribution in [2.24, 2.45) is 0 Å². The summed E-state index contributed by atoms with van der Waals surface area (Å²) in [7, 11) is 3.63. The molecule has 1 N–H and O–H groups in total. The van der Waals surface area contributed by atoms with Gasteiger partial charge in [-0.2, -0.15) is 5.26 Å². The van der Waals surface area contributed by atoms with E-state index in [1.165, 1.54) is 0 Å². The van der Waals surface area contributed by atoms with Gasteiger partial charge in [0.1, 0.15) is 18.5 Å². The lowest BCUT2D eigenvalue weighted by Crippen LogP contribution is -2.34. The zero-order valence-electron chi connectivity index (χ0n) is 12.1. The van der Waals surface area contributed by atoms with E-state index in [1.807, 2.05) is 11.9 Å². The summed E-state index contributed by atoms with van der Waals surface area (Å²) in [6, 6.07) is 8.96. The molecule has 5 heteroatoms. The summed E-state index contributed by atoms with van der Waals surface area (Å²) in [5.74, 6) is 0.602. The van der Waals surface area contributed by atoms with Crippen LogP contribution in [0.3, 0.4) is 0 Å². The molecule has 0 bridgehead atoms. The van der Waals surface area contributed by atoms with Crippen LogP contribution in [0, 0.1) is 11.3 Å². The topological polar surface area (TPSA) is 65.7 Å². The van der Waals surface area contributed by atoms with Crippen LogP contribution in [-0.4, -0.2) is 56.6 Å². The number of methoxy groups -OCH3 is 1. The number of nitriles is 1. The Morgan fingerprint density at radius 3 is 2.95 bits per heavy atom. The number of rotatable bonds is 9. The van der Waals surface area contributed by atoms with Crippen molar-refractivity contribution < 1.29 is 14.6 Å². The molecule has 110 valence electrons. The summed E-state index contributed by atoms with van der Waals surface area (Å²) in [5, 5.41) is 18.7. The molecule has 5 nitrogen and oxygen atoms in total. The van der Waals surface area contributed by atoms with Crippen LogP contribution in [0.15, 0.2) is 24.3 Å². The van der Waals surface area contributed by atoms with Gasteiger partial charge < -0.3 is 19.5 Å². The first-order valence-electron chi connectivity index (χ1n) is 6.64. The molecular weight excluding hydrogens is 256 g/mol. The van der Waals surface area contributed by atoms with Crippen molar-refractivity contribution in [3.63, 3.8) is 0 Å². The molecule has 1 aromatic rings. The number of ether oxygens (including phenoxy) is 2. The van der Waals surface area contributed by atoms with E-state index in [0.717, 1.165) is 19.6 Å². The lowest BCUT2D eigenvalue weighted by atomic mass is 10.2.